The second kappa shape index (κ2) is 6.40. The third-order valence-electron chi connectivity index (χ3n) is 2.89. The molecule has 0 N–H and O–H groups in total. The van der Waals surface area contributed by atoms with Crippen molar-refractivity contribution >= 4 is 28.1 Å². The summed E-state index contributed by atoms with van der Waals surface area (Å²) in [6, 6.07) is 0.823. The number of rotatable bonds is 4. The van der Waals surface area contributed by atoms with E-state index in [1.165, 1.54) is 6.92 Å². The minimum Gasteiger partial charge on any atom is -0.411 e. The number of nitro groups is 1. The molecule has 3 rings (SSSR count). The third-order valence-corrected chi connectivity index (χ3v) is 4.76. The maximum absolute atomic E-state index is 13.2. The van der Waals surface area contributed by atoms with Crippen molar-refractivity contribution in [3.8, 4) is 11.5 Å². The summed E-state index contributed by atoms with van der Waals surface area (Å²) < 4.78 is 45.0. The highest BCUT2D eigenvalue weighted by atomic mass is 32.2. The first-order valence-electron chi connectivity index (χ1n) is 6.40. The molecule has 3 aromatic rings. The van der Waals surface area contributed by atoms with E-state index in [4.69, 9.17) is 4.42 Å². The molecule has 0 atom stereocenters. The fourth-order valence-electron chi connectivity index (χ4n) is 1.88. The Kier molecular flexibility index (Phi) is 4.43. The maximum Gasteiger partial charge on any atom is 0.417 e. The number of aromatic nitrogens is 4. The summed E-state index contributed by atoms with van der Waals surface area (Å²) in [5.74, 6) is -0.341. The average Bonchev–Trinajstić information content (AvgIpc) is 3.16. The molecule has 0 amide bonds. The Hall–Kier alpha value is -2.54. The van der Waals surface area contributed by atoms with Gasteiger partial charge >= 0.3 is 11.2 Å². The van der Waals surface area contributed by atoms with Crippen molar-refractivity contribution in [2.75, 3.05) is 0 Å². The van der Waals surface area contributed by atoms with Gasteiger partial charge in [0.05, 0.1) is 21.7 Å². The first kappa shape index (κ1) is 17.3. The lowest BCUT2D eigenvalue weighted by Gasteiger charge is -2.11. The average molecular weight is 389 g/mol. The summed E-state index contributed by atoms with van der Waals surface area (Å²) >= 11 is 1.61. The molecule has 0 aliphatic heterocycles. The SMILES string of the molecule is Cc1nccc(C(F)(F)F)c1-c1nnc(Sc2ncc([N+](=O)[O-])s2)o1. The van der Waals surface area contributed by atoms with E-state index < -0.39 is 16.7 Å². The monoisotopic (exact) mass is 389 g/mol. The largest absolute Gasteiger partial charge is 0.417 e. The van der Waals surface area contributed by atoms with Gasteiger partial charge in [-0.05, 0) is 24.3 Å². The van der Waals surface area contributed by atoms with Gasteiger partial charge in [0.25, 0.3) is 11.1 Å². The summed E-state index contributed by atoms with van der Waals surface area (Å²) in [6.45, 7) is 1.39. The zero-order chi connectivity index (χ0) is 18.2. The Balaban J connectivity index is 1.93. The molecule has 130 valence electrons. The highest BCUT2D eigenvalue weighted by molar-refractivity contribution is 8.00. The topological polar surface area (TPSA) is 108 Å². The summed E-state index contributed by atoms with van der Waals surface area (Å²) in [5.41, 5.74) is -1.16. The van der Waals surface area contributed by atoms with Gasteiger partial charge < -0.3 is 4.42 Å². The quantitative estimate of drug-likeness (QED) is 0.487. The van der Waals surface area contributed by atoms with E-state index in [1.54, 1.807) is 0 Å². The fourth-order valence-corrected chi connectivity index (χ4v) is 3.44. The van der Waals surface area contributed by atoms with E-state index in [0.29, 0.717) is 0 Å². The summed E-state index contributed by atoms with van der Waals surface area (Å²) in [5, 5.41) is 17.6. The molecule has 13 heteroatoms. The predicted molar refractivity (Wildman–Crippen MR) is 80.2 cm³/mol. The number of pyridine rings is 1. The van der Waals surface area contributed by atoms with Gasteiger partial charge in [-0.15, -0.1) is 10.2 Å². The van der Waals surface area contributed by atoms with Crippen molar-refractivity contribution in [2.24, 2.45) is 0 Å². The summed E-state index contributed by atoms with van der Waals surface area (Å²) in [7, 11) is 0. The van der Waals surface area contributed by atoms with Gasteiger partial charge in [0.2, 0.25) is 0 Å². The second-order valence-electron chi connectivity index (χ2n) is 4.51. The van der Waals surface area contributed by atoms with Crippen molar-refractivity contribution in [3.05, 3.63) is 39.8 Å². The van der Waals surface area contributed by atoms with Gasteiger partial charge in [0, 0.05) is 18.0 Å². The van der Waals surface area contributed by atoms with E-state index in [0.717, 1.165) is 41.6 Å². The predicted octanol–water partition coefficient (Wildman–Crippen LogP) is 3.97. The number of alkyl halides is 3. The molecule has 0 aliphatic carbocycles. The second-order valence-corrected chi connectivity index (χ2v) is 6.72. The zero-order valence-electron chi connectivity index (χ0n) is 12.1. The molecule has 0 radical (unpaired) electrons. The molecular formula is C12H6F3N5O3S2. The van der Waals surface area contributed by atoms with Crippen LogP contribution in [0.25, 0.3) is 11.5 Å². The molecule has 0 aromatic carbocycles. The minimum atomic E-state index is -4.61. The standard InChI is InChI=1S/C12H6F3N5O3S2/c1-5-8(6(2-3-16-5)12(13,14)15)9-18-19-10(23-9)25-11-17-4-7(24-11)20(21)22/h2-4H,1H3. The number of hydrogen-bond donors (Lipinski definition) is 0. The number of aryl methyl sites for hydroxylation is 1. The zero-order valence-corrected chi connectivity index (χ0v) is 13.8. The van der Waals surface area contributed by atoms with Gasteiger partial charge in [-0.3, -0.25) is 15.1 Å². The molecule has 3 heterocycles. The van der Waals surface area contributed by atoms with Crippen LogP contribution in [0.4, 0.5) is 18.2 Å². The number of halogens is 3. The van der Waals surface area contributed by atoms with Crippen LogP contribution in [0.15, 0.2) is 32.4 Å². The molecule has 0 spiro atoms. The lowest BCUT2D eigenvalue weighted by Crippen LogP contribution is -2.09. The van der Waals surface area contributed by atoms with Gasteiger partial charge in [-0.25, -0.2) is 4.98 Å². The Morgan fingerprint density at radius 2 is 2.08 bits per heavy atom. The van der Waals surface area contributed by atoms with E-state index >= 15 is 0 Å². The number of hydrogen-bond acceptors (Lipinski definition) is 9. The molecule has 3 aromatic heterocycles. The highest BCUT2D eigenvalue weighted by Gasteiger charge is 2.36. The van der Waals surface area contributed by atoms with Crippen LogP contribution in [0.2, 0.25) is 0 Å². The lowest BCUT2D eigenvalue weighted by molar-refractivity contribution is -0.380. The third kappa shape index (κ3) is 3.61. The van der Waals surface area contributed by atoms with Crippen LogP contribution in [0.3, 0.4) is 0 Å². The van der Waals surface area contributed by atoms with E-state index in [1.807, 2.05) is 0 Å². The van der Waals surface area contributed by atoms with Crippen LogP contribution < -0.4 is 0 Å². The van der Waals surface area contributed by atoms with Crippen LogP contribution >= 0.6 is 23.1 Å². The van der Waals surface area contributed by atoms with Crippen LogP contribution in [0.5, 0.6) is 0 Å². The Labute approximate surface area is 145 Å². The molecule has 0 fully saturated rings. The first-order valence-corrected chi connectivity index (χ1v) is 8.03. The van der Waals surface area contributed by atoms with E-state index in [9.17, 15) is 23.3 Å². The van der Waals surface area contributed by atoms with Crippen molar-refractivity contribution in [2.45, 2.75) is 22.7 Å². The van der Waals surface area contributed by atoms with Crippen molar-refractivity contribution in [1.29, 1.82) is 0 Å². The number of thiazole rings is 1. The Bertz CT molecular complexity index is 940. The fraction of sp³-hybridized carbons (Fsp3) is 0.167. The highest BCUT2D eigenvalue weighted by Crippen LogP contribution is 2.39. The molecule has 0 aliphatic rings. The smallest absolute Gasteiger partial charge is 0.411 e. The maximum atomic E-state index is 13.2. The van der Waals surface area contributed by atoms with Crippen molar-refractivity contribution in [3.63, 3.8) is 0 Å². The van der Waals surface area contributed by atoms with Crippen LogP contribution in [0.1, 0.15) is 11.3 Å². The molecule has 0 bridgehead atoms. The van der Waals surface area contributed by atoms with Crippen molar-refractivity contribution in [1.82, 2.24) is 20.2 Å². The van der Waals surface area contributed by atoms with Crippen LogP contribution in [-0.4, -0.2) is 25.1 Å². The van der Waals surface area contributed by atoms with Crippen molar-refractivity contribution < 1.29 is 22.5 Å². The molecule has 8 nitrogen and oxygen atoms in total. The van der Waals surface area contributed by atoms with E-state index in [2.05, 4.69) is 20.2 Å². The first-order chi connectivity index (χ1) is 11.8. The van der Waals surface area contributed by atoms with E-state index in [-0.39, 0.29) is 31.7 Å². The lowest BCUT2D eigenvalue weighted by atomic mass is 10.1. The Morgan fingerprint density at radius 3 is 2.72 bits per heavy atom. The molecule has 25 heavy (non-hydrogen) atoms. The normalized spacial score (nSPS) is 11.7. The van der Waals surface area contributed by atoms with Gasteiger partial charge in [-0.2, -0.15) is 13.2 Å². The number of nitrogens with zero attached hydrogens (tertiary/aromatic N) is 5. The van der Waals surface area contributed by atoms with Gasteiger partial charge in [0.15, 0.2) is 4.34 Å². The Morgan fingerprint density at radius 1 is 1.32 bits per heavy atom. The van der Waals surface area contributed by atoms with Crippen LogP contribution in [0, 0.1) is 17.0 Å². The van der Waals surface area contributed by atoms with Gasteiger partial charge in [0.1, 0.15) is 6.20 Å². The molecule has 0 saturated heterocycles. The molecular weight excluding hydrogens is 383 g/mol. The summed E-state index contributed by atoms with van der Waals surface area (Å²) in [4.78, 5) is 17.7. The minimum absolute atomic E-state index is 0.0833. The van der Waals surface area contributed by atoms with Crippen LogP contribution in [-0.2, 0) is 6.18 Å². The van der Waals surface area contributed by atoms with Gasteiger partial charge in [-0.1, -0.05) is 0 Å². The summed E-state index contributed by atoms with van der Waals surface area (Å²) in [6.07, 6.45) is -2.50. The molecule has 0 unspecified atom stereocenters. The molecule has 0 saturated carbocycles.